The molecule has 74 heavy (non-hydrogen) atoms. The first-order valence-corrected chi connectivity index (χ1v) is 31.2. The van der Waals surface area contributed by atoms with Gasteiger partial charge < -0.3 is 14.2 Å². The number of esters is 3. The SMILES string of the molecule is CC/C=C\C/C=C\C/C=C\C/C=C\CCCCCCCCCCCCCCC(=O)OCC(COC(=O)CCCCCCCCCCCCCC)OC(=O)CCCCCCCC/C=C\C/C=C\C/C=C\C/C=C\CC. The van der Waals surface area contributed by atoms with Crippen LogP contribution in [0.4, 0.5) is 0 Å². The van der Waals surface area contributed by atoms with Crippen LogP contribution in [-0.2, 0) is 28.6 Å². The van der Waals surface area contributed by atoms with Crippen LogP contribution in [0.1, 0.15) is 297 Å². The van der Waals surface area contributed by atoms with Gasteiger partial charge in [0.2, 0.25) is 0 Å². The molecule has 0 rings (SSSR count). The topological polar surface area (TPSA) is 78.9 Å². The lowest BCUT2D eigenvalue weighted by molar-refractivity contribution is -0.167. The second-order valence-electron chi connectivity index (χ2n) is 20.6. The number of rotatable bonds is 56. The molecule has 0 radical (unpaired) electrons. The van der Waals surface area contributed by atoms with Crippen molar-refractivity contribution in [2.75, 3.05) is 13.2 Å². The minimum Gasteiger partial charge on any atom is -0.462 e. The summed E-state index contributed by atoms with van der Waals surface area (Å²) in [6.45, 7) is 6.42. The van der Waals surface area contributed by atoms with Gasteiger partial charge in [-0.25, -0.2) is 0 Å². The Hall–Kier alpha value is -3.67. The van der Waals surface area contributed by atoms with Gasteiger partial charge in [-0.3, -0.25) is 14.4 Å². The van der Waals surface area contributed by atoms with Crippen LogP contribution in [0.3, 0.4) is 0 Å². The smallest absolute Gasteiger partial charge is 0.306 e. The standard InChI is InChI=1S/C68H116O6/c1-4-7-10-13-16-19-22-25-27-29-31-32-33-34-35-36-38-39-41-43-46-49-52-55-58-61-67(70)73-64-65(63-72-66(69)60-57-54-51-48-45-24-21-18-15-12-9-6-3)74-68(71)62-59-56-53-50-47-44-42-40-37-30-28-26-23-20-17-14-11-8-5-2/h7-8,10-11,16-17,19-20,25-28,31-32,37,40,65H,4-6,9,12-15,18,21-24,29-30,33-36,38-39,41-64H2,1-3H3/b10-7-,11-8-,19-16-,20-17-,27-25-,28-26-,32-31-,40-37-. The summed E-state index contributed by atoms with van der Waals surface area (Å²) >= 11 is 0. The van der Waals surface area contributed by atoms with E-state index in [-0.39, 0.29) is 31.1 Å². The van der Waals surface area contributed by atoms with Crippen molar-refractivity contribution < 1.29 is 28.6 Å². The molecule has 0 saturated carbocycles. The van der Waals surface area contributed by atoms with E-state index in [1.807, 2.05) is 0 Å². The number of ether oxygens (including phenoxy) is 3. The van der Waals surface area contributed by atoms with Crippen LogP contribution < -0.4 is 0 Å². The van der Waals surface area contributed by atoms with Crippen molar-refractivity contribution in [3.8, 4) is 0 Å². The second kappa shape index (κ2) is 61.9. The molecule has 0 saturated heterocycles. The first-order valence-electron chi connectivity index (χ1n) is 31.2. The van der Waals surface area contributed by atoms with Gasteiger partial charge in [0.15, 0.2) is 6.10 Å². The molecule has 1 unspecified atom stereocenters. The van der Waals surface area contributed by atoms with E-state index < -0.39 is 6.10 Å². The largest absolute Gasteiger partial charge is 0.462 e. The minimum absolute atomic E-state index is 0.0813. The molecule has 0 spiro atoms. The van der Waals surface area contributed by atoms with E-state index >= 15 is 0 Å². The van der Waals surface area contributed by atoms with Crippen LogP contribution in [0.25, 0.3) is 0 Å². The van der Waals surface area contributed by atoms with Gasteiger partial charge in [-0.2, -0.15) is 0 Å². The monoisotopic (exact) mass is 1030 g/mol. The number of hydrogen-bond acceptors (Lipinski definition) is 6. The predicted octanol–water partition coefficient (Wildman–Crippen LogP) is 21.3. The summed E-state index contributed by atoms with van der Waals surface area (Å²) in [7, 11) is 0. The molecule has 6 nitrogen and oxygen atoms in total. The summed E-state index contributed by atoms with van der Waals surface area (Å²) in [5.74, 6) is -0.888. The molecular formula is C68H116O6. The van der Waals surface area contributed by atoms with Gasteiger partial charge in [-0.15, -0.1) is 0 Å². The lowest BCUT2D eigenvalue weighted by atomic mass is 10.0. The van der Waals surface area contributed by atoms with Crippen LogP contribution in [-0.4, -0.2) is 37.2 Å². The van der Waals surface area contributed by atoms with E-state index in [1.54, 1.807) is 0 Å². The highest BCUT2D eigenvalue weighted by Crippen LogP contribution is 2.16. The molecule has 0 aromatic carbocycles. The quantitative estimate of drug-likeness (QED) is 0.0261. The first kappa shape index (κ1) is 70.3. The lowest BCUT2D eigenvalue weighted by Gasteiger charge is -2.18. The Bertz CT molecular complexity index is 1460. The Morgan fingerprint density at radius 3 is 0.824 bits per heavy atom. The van der Waals surface area contributed by atoms with Crippen molar-refractivity contribution in [3.63, 3.8) is 0 Å². The van der Waals surface area contributed by atoms with E-state index in [0.29, 0.717) is 19.3 Å². The second-order valence-corrected chi connectivity index (χ2v) is 20.6. The molecule has 0 heterocycles. The zero-order chi connectivity index (χ0) is 53.6. The summed E-state index contributed by atoms with van der Waals surface area (Å²) in [5.41, 5.74) is 0. The molecule has 1 atom stereocenters. The number of unbranched alkanes of at least 4 members (excludes halogenated alkanes) is 29. The van der Waals surface area contributed by atoms with E-state index in [9.17, 15) is 14.4 Å². The third-order valence-corrected chi connectivity index (χ3v) is 13.3. The molecule has 0 aliphatic heterocycles. The molecule has 424 valence electrons. The van der Waals surface area contributed by atoms with Gasteiger partial charge in [0.1, 0.15) is 13.2 Å². The van der Waals surface area contributed by atoms with E-state index in [0.717, 1.165) is 122 Å². The molecule has 0 fully saturated rings. The average molecular weight is 1030 g/mol. The molecule has 0 aliphatic carbocycles. The number of carbonyl (C=O) groups excluding carboxylic acids is 3. The number of carbonyl (C=O) groups is 3. The minimum atomic E-state index is -0.785. The Kier molecular flexibility index (Phi) is 58.8. The molecule has 0 aromatic rings. The Morgan fingerprint density at radius 1 is 0.284 bits per heavy atom. The molecule has 0 N–H and O–H groups in total. The van der Waals surface area contributed by atoms with Crippen LogP contribution in [0.2, 0.25) is 0 Å². The Morgan fingerprint density at radius 2 is 0.527 bits per heavy atom. The summed E-state index contributed by atoms with van der Waals surface area (Å²) in [6.07, 6.45) is 82.6. The third-order valence-electron chi connectivity index (χ3n) is 13.3. The van der Waals surface area contributed by atoms with Crippen molar-refractivity contribution in [2.45, 2.75) is 303 Å². The van der Waals surface area contributed by atoms with Crippen molar-refractivity contribution in [3.05, 3.63) is 97.2 Å². The third kappa shape index (κ3) is 59.2. The first-order chi connectivity index (χ1) is 36.5. The summed E-state index contributed by atoms with van der Waals surface area (Å²) in [4.78, 5) is 38.3. The molecule has 0 amide bonds. The lowest BCUT2D eigenvalue weighted by Crippen LogP contribution is -2.30. The van der Waals surface area contributed by atoms with Gasteiger partial charge in [0.25, 0.3) is 0 Å². The van der Waals surface area contributed by atoms with E-state index in [4.69, 9.17) is 14.2 Å². The van der Waals surface area contributed by atoms with Gasteiger partial charge >= 0.3 is 17.9 Å². The van der Waals surface area contributed by atoms with E-state index in [1.165, 1.54) is 135 Å². The van der Waals surface area contributed by atoms with Crippen LogP contribution in [0.5, 0.6) is 0 Å². The van der Waals surface area contributed by atoms with Gasteiger partial charge in [0, 0.05) is 19.3 Å². The Balaban J connectivity index is 4.31. The maximum atomic E-state index is 12.9. The molecule has 0 aromatic heterocycles. The van der Waals surface area contributed by atoms with Gasteiger partial charge in [-0.05, 0) is 96.3 Å². The molecule has 6 heteroatoms. The predicted molar refractivity (Wildman–Crippen MR) is 320 cm³/mol. The molecular weight excluding hydrogens is 913 g/mol. The maximum absolute atomic E-state index is 12.9. The summed E-state index contributed by atoms with van der Waals surface area (Å²) in [5, 5.41) is 0. The maximum Gasteiger partial charge on any atom is 0.306 e. The van der Waals surface area contributed by atoms with Crippen molar-refractivity contribution in [1.29, 1.82) is 0 Å². The van der Waals surface area contributed by atoms with Gasteiger partial charge in [-0.1, -0.05) is 279 Å². The number of allylic oxidation sites excluding steroid dienone is 16. The molecule has 0 aliphatic rings. The fraction of sp³-hybridized carbons (Fsp3) is 0.721. The Labute approximate surface area is 457 Å². The van der Waals surface area contributed by atoms with Gasteiger partial charge in [0.05, 0.1) is 0 Å². The highest BCUT2D eigenvalue weighted by molar-refractivity contribution is 5.71. The summed E-state index contributed by atoms with van der Waals surface area (Å²) < 4.78 is 16.9. The van der Waals surface area contributed by atoms with E-state index in [2.05, 4.69) is 118 Å². The highest BCUT2D eigenvalue weighted by atomic mass is 16.6. The fourth-order valence-electron chi connectivity index (χ4n) is 8.72. The zero-order valence-corrected chi connectivity index (χ0v) is 48.6. The highest BCUT2D eigenvalue weighted by Gasteiger charge is 2.19. The number of hydrogen-bond donors (Lipinski definition) is 0. The summed E-state index contributed by atoms with van der Waals surface area (Å²) in [6, 6.07) is 0. The van der Waals surface area contributed by atoms with Crippen molar-refractivity contribution in [2.24, 2.45) is 0 Å². The average Bonchev–Trinajstić information content (AvgIpc) is 3.40. The fourth-order valence-corrected chi connectivity index (χ4v) is 8.72. The van der Waals surface area contributed by atoms with Crippen LogP contribution in [0.15, 0.2) is 97.2 Å². The zero-order valence-electron chi connectivity index (χ0n) is 48.6. The van der Waals surface area contributed by atoms with Crippen LogP contribution in [0, 0.1) is 0 Å². The van der Waals surface area contributed by atoms with Crippen LogP contribution >= 0.6 is 0 Å². The van der Waals surface area contributed by atoms with Crippen molar-refractivity contribution in [1.82, 2.24) is 0 Å². The normalized spacial score (nSPS) is 12.7. The molecule has 0 bridgehead atoms. The van der Waals surface area contributed by atoms with Crippen molar-refractivity contribution >= 4 is 17.9 Å².